The molecule has 6 nitrogen and oxygen atoms in total. The van der Waals surface area contributed by atoms with Crippen molar-refractivity contribution in [3.8, 4) is 17.9 Å². The first-order valence-corrected chi connectivity index (χ1v) is 6.79. The van der Waals surface area contributed by atoms with Crippen LogP contribution in [0.25, 0.3) is 0 Å². The summed E-state index contributed by atoms with van der Waals surface area (Å²) in [6.07, 6.45) is 1.53. The molecule has 0 spiro atoms. The first-order valence-electron chi connectivity index (χ1n) is 5.20. The standard InChI is InChI=1S/C6H2Br2N2O.C6H6N2O.CH3/c7-3-1-5(8)10-4(2-9)6(3)11;7-4-5(8)6-2-1-3-9-6;/h1,11H;1-3,5H,8H2;1H3/q;;-1/p+1. The molecular formula is C13H12Br2N4O2. The fourth-order valence-electron chi connectivity index (χ4n) is 1.11. The van der Waals surface area contributed by atoms with Crippen LogP contribution in [0.15, 0.2) is 38.0 Å². The second kappa shape index (κ2) is 9.14. The Morgan fingerprint density at radius 1 is 1.38 bits per heavy atom. The predicted octanol–water partition coefficient (Wildman–Crippen LogP) is 2.72. The lowest BCUT2D eigenvalue weighted by Crippen LogP contribution is -2.52. The van der Waals surface area contributed by atoms with E-state index in [0.717, 1.165) is 0 Å². The molecule has 0 saturated carbocycles. The first-order chi connectivity index (χ1) is 9.49. The Morgan fingerprint density at radius 3 is 2.52 bits per heavy atom. The Balaban J connectivity index is 0.000000370. The number of furan rings is 1. The number of rotatable bonds is 1. The molecule has 2 heterocycles. The van der Waals surface area contributed by atoms with Gasteiger partial charge in [-0.2, -0.15) is 10.5 Å². The average molecular weight is 416 g/mol. The minimum Gasteiger partial charge on any atom is -0.504 e. The van der Waals surface area contributed by atoms with Crippen LogP contribution in [-0.4, -0.2) is 10.1 Å². The van der Waals surface area contributed by atoms with E-state index in [-0.39, 0.29) is 24.9 Å². The number of aromatic nitrogens is 1. The molecule has 4 N–H and O–H groups in total. The molecule has 2 aromatic heterocycles. The molecule has 0 aromatic carbocycles. The molecule has 0 aliphatic rings. The van der Waals surface area contributed by atoms with Crippen molar-refractivity contribution in [2.45, 2.75) is 6.04 Å². The SMILES string of the molecule is N#CC([NH3+])c1ccco1.N#Cc1nc(Br)cc(Br)c1O.[CH3-]. The van der Waals surface area contributed by atoms with Crippen molar-refractivity contribution < 1.29 is 15.3 Å². The Hall–Kier alpha value is -1.87. The van der Waals surface area contributed by atoms with E-state index in [1.165, 1.54) is 6.26 Å². The van der Waals surface area contributed by atoms with Crippen LogP contribution in [-0.2, 0) is 0 Å². The zero-order valence-corrected chi connectivity index (χ0v) is 14.2. The summed E-state index contributed by atoms with van der Waals surface area (Å²) < 4.78 is 5.87. The van der Waals surface area contributed by atoms with Crippen LogP contribution in [0.1, 0.15) is 17.5 Å². The fraction of sp³-hybridized carbons (Fsp3) is 0.0769. The van der Waals surface area contributed by atoms with Gasteiger partial charge in [-0.05, 0) is 50.1 Å². The van der Waals surface area contributed by atoms with E-state index in [1.807, 2.05) is 6.07 Å². The largest absolute Gasteiger partial charge is 0.504 e. The smallest absolute Gasteiger partial charge is 0.229 e. The van der Waals surface area contributed by atoms with Gasteiger partial charge in [-0.1, -0.05) is 0 Å². The number of nitrogens with zero attached hydrogens (tertiary/aromatic N) is 3. The van der Waals surface area contributed by atoms with Gasteiger partial charge in [-0.3, -0.25) is 0 Å². The summed E-state index contributed by atoms with van der Waals surface area (Å²) in [7, 11) is 0. The lowest BCUT2D eigenvalue weighted by Gasteiger charge is -1.97. The van der Waals surface area contributed by atoms with Gasteiger partial charge in [0.15, 0.2) is 17.2 Å². The van der Waals surface area contributed by atoms with Crippen molar-refractivity contribution in [1.29, 1.82) is 10.5 Å². The molecule has 1 unspecified atom stereocenters. The summed E-state index contributed by atoms with van der Waals surface area (Å²) in [5.41, 5.74) is 3.55. The molecular weight excluding hydrogens is 404 g/mol. The summed E-state index contributed by atoms with van der Waals surface area (Å²) in [5, 5.41) is 26.0. The van der Waals surface area contributed by atoms with Gasteiger partial charge in [0.1, 0.15) is 16.7 Å². The van der Waals surface area contributed by atoms with Crippen molar-refractivity contribution >= 4 is 31.9 Å². The minimum atomic E-state index is -0.375. The maximum atomic E-state index is 9.17. The number of halogens is 2. The van der Waals surface area contributed by atoms with Gasteiger partial charge >= 0.3 is 0 Å². The van der Waals surface area contributed by atoms with Crippen LogP contribution in [0.4, 0.5) is 0 Å². The highest BCUT2D eigenvalue weighted by molar-refractivity contribution is 9.11. The van der Waals surface area contributed by atoms with Crippen LogP contribution in [0.3, 0.4) is 0 Å². The highest BCUT2D eigenvalue weighted by atomic mass is 79.9. The number of pyridine rings is 1. The molecule has 1 atom stereocenters. The van der Waals surface area contributed by atoms with Crippen LogP contribution in [0.2, 0.25) is 0 Å². The molecule has 0 aliphatic carbocycles. The van der Waals surface area contributed by atoms with Gasteiger partial charge in [-0.15, -0.1) is 0 Å². The second-order valence-corrected chi connectivity index (χ2v) is 5.10. The van der Waals surface area contributed by atoms with Crippen molar-refractivity contribution in [3.05, 3.63) is 52.4 Å². The molecule has 0 radical (unpaired) electrons. The van der Waals surface area contributed by atoms with Gasteiger partial charge in [0.2, 0.25) is 6.04 Å². The third kappa shape index (κ3) is 5.56. The highest BCUT2D eigenvalue weighted by Crippen LogP contribution is 2.28. The van der Waals surface area contributed by atoms with Crippen molar-refractivity contribution in [2.24, 2.45) is 0 Å². The molecule has 8 heteroatoms. The molecule has 110 valence electrons. The third-order valence-electron chi connectivity index (χ3n) is 2.06. The average Bonchev–Trinajstić information content (AvgIpc) is 2.96. The Bertz CT molecular complexity index is 660. The lowest BCUT2D eigenvalue weighted by molar-refractivity contribution is -0.409. The number of hydrogen-bond donors (Lipinski definition) is 2. The zero-order chi connectivity index (χ0) is 15.1. The Morgan fingerprint density at radius 2 is 2.05 bits per heavy atom. The van der Waals surface area contributed by atoms with Crippen molar-refractivity contribution in [1.82, 2.24) is 4.98 Å². The fourth-order valence-corrected chi connectivity index (χ4v) is 2.23. The number of quaternary nitrogens is 1. The summed E-state index contributed by atoms with van der Waals surface area (Å²) in [6, 6.07) is 8.39. The van der Waals surface area contributed by atoms with E-state index in [0.29, 0.717) is 14.8 Å². The maximum absolute atomic E-state index is 9.17. The first kappa shape index (κ1) is 19.1. The molecule has 2 aromatic rings. The topological polar surface area (TPSA) is 121 Å². The minimum absolute atomic E-state index is 0. The molecule has 2 rings (SSSR count). The van der Waals surface area contributed by atoms with Gasteiger partial charge < -0.3 is 22.7 Å². The van der Waals surface area contributed by atoms with Crippen LogP contribution in [0, 0.1) is 30.1 Å². The van der Waals surface area contributed by atoms with Crippen LogP contribution < -0.4 is 5.73 Å². The predicted molar refractivity (Wildman–Crippen MR) is 82.4 cm³/mol. The Kier molecular flexibility index (Phi) is 8.32. The summed E-state index contributed by atoms with van der Waals surface area (Å²) in [4.78, 5) is 3.73. The van der Waals surface area contributed by atoms with Crippen molar-refractivity contribution in [2.75, 3.05) is 0 Å². The van der Waals surface area contributed by atoms with Gasteiger partial charge in [0, 0.05) is 0 Å². The highest BCUT2D eigenvalue weighted by Gasteiger charge is 2.08. The molecule has 0 amide bonds. The summed E-state index contributed by atoms with van der Waals surface area (Å²) in [6.45, 7) is 0. The number of aromatic hydroxyl groups is 1. The maximum Gasteiger partial charge on any atom is 0.229 e. The van der Waals surface area contributed by atoms with E-state index < -0.39 is 0 Å². The van der Waals surface area contributed by atoms with Crippen LogP contribution in [0.5, 0.6) is 5.75 Å². The van der Waals surface area contributed by atoms with E-state index >= 15 is 0 Å². The molecule has 0 fully saturated rings. The molecule has 0 bridgehead atoms. The van der Waals surface area contributed by atoms with E-state index in [2.05, 4.69) is 42.6 Å². The monoisotopic (exact) mass is 414 g/mol. The Labute approximate surface area is 139 Å². The van der Waals surface area contributed by atoms with Crippen molar-refractivity contribution in [3.63, 3.8) is 0 Å². The molecule has 21 heavy (non-hydrogen) atoms. The lowest BCUT2D eigenvalue weighted by atomic mass is 10.3. The molecule has 0 saturated heterocycles. The second-order valence-electron chi connectivity index (χ2n) is 3.43. The van der Waals surface area contributed by atoms with Crippen LogP contribution >= 0.6 is 31.9 Å². The third-order valence-corrected chi connectivity index (χ3v) is 3.07. The van der Waals surface area contributed by atoms with E-state index in [1.54, 1.807) is 24.3 Å². The van der Waals surface area contributed by atoms with Gasteiger partial charge in [0.25, 0.3) is 0 Å². The van der Waals surface area contributed by atoms with Gasteiger partial charge in [0.05, 0.1) is 10.7 Å². The van der Waals surface area contributed by atoms with E-state index in [4.69, 9.17) is 20.0 Å². The molecule has 0 aliphatic heterocycles. The van der Waals surface area contributed by atoms with E-state index in [9.17, 15) is 0 Å². The quantitative estimate of drug-likeness (QED) is 0.547. The van der Waals surface area contributed by atoms with Gasteiger partial charge in [-0.25, -0.2) is 4.98 Å². The normalized spacial score (nSPS) is 10.1. The summed E-state index contributed by atoms with van der Waals surface area (Å²) >= 11 is 6.15. The number of nitriles is 2. The summed E-state index contributed by atoms with van der Waals surface area (Å²) in [5.74, 6) is 0.494. The number of hydrogen-bond acceptors (Lipinski definition) is 5. The zero-order valence-electron chi connectivity index (χ0n) is 11.0.